The monoisotopic (exact) mass is 531 g/mol. The lowest BCUT2D eigenvalue weighted by atomic mass is 10.1. The van der Waals surface area contributed by atoms with Gasteiger partial charge in [-0.05, 0) is 36.8 Å². The van der Waals surface area contributed by atoms with Crippen molar-refractivity contribution in [2.75, 3.05) is 38.4 Å². The molecule has 0 aliphatic rings. The van der Waals surface area contributed by atoms with Gasteiger partial charge in [0.05, 0.1) is 36.2 Å². The van der Waals surface area contributed by atoms with Crippen molar-refractivity contribution in [3.8, 4) is 11.5 Å². The van der Waals surface area contributed by atoms with E-state index in [9.17, 15) is 18.0 Å². The van der Waals surface area contributed by atoms with Gasteiger partial charge in [-0.15, -0.1) is 0 Å². The van der Waals surface area contributed by atoms with E-state index in [1.165, 1.54) is 38.3 Å². The van der Waals surface area contributed by atoms with Gasteiger partial charge in [-0.25, -0.2) is 8.42 Å². The van der Waals surface area contributed by atoms with Gasteiger partial charge < -0.3 is 19.7 Å². The molecule has 186 valence electrons. The lowest BCUT2D eigenvalue weighted by molar-refractivity contribution is -0.139. The molecule has 0 aromatic heterocycles. The van der Waals surface area contributed by atoms with E-state index >= 15 is 0 Å². The van der Waals surface area contributed by atoms with Crippen LogP contribution in [0.2, 0.25) is 10.0 Å². The van der Waals surface area contributed by atoms with Gasteiger partial charge in [0.1, 0.15) is 24.1 Å². The molecule has 1 N–H and O–H groups in total. The Morgan fingerprint density at radius 3 is 2.26 bits per heavy atom. The molecule has 2 amide bonds. The highest BCUT2D eigenvalue weighted by Crippen LogP contribution is 2.34. The summed E-state index contributed by atoms with van der Waals surface area (Å²) in [7, 11) is 0.342. The number of nitrogens with zero attached hydrogens (tertiary/aromatic N) is 2. The van der Waals surface area contributed by atoms with Crippen molar-refractivity contribution in [3.05, 3.63) is 52.0 Å². The number of carbonyl (C=O) groups is 2. The van der Waals surface area contributed by atoms with Crippen molar-refractivity contribution in [1.29, 1.82) is 0 Å². The van der Waals surface area contributed by atoms with E-state index in [1.54, 1.807) is 31.2 Å². The summed E-state index contributed by atoms with van der Waals surface area (Å²) in [5, 5.41) is 3.14. The van der Waals surface area contributed by atoms with Gasteiger partial charge in [-0.1, -0.05) is 29.3 Å². The van der Waals surface area contributed by atoms with E-state index in [2.05, 4.69) is 5.32 Å². The molecule has 0 spiro atoms. The highest BCUT2D eigenvalue weighted by molar-refractivity contribution is 7.92. The van der Waals surface area contributed by atoms with Gasteiger partial charge in [0, 0.05) is 19.7 Å². The Morgan fingerprint density at radius 2 is 1.74 bits per heavy atom. The molecule has 2 aromatic carbocycles. The molecule has 1 atom stereocenters. The van der Waals surface area contributed by atoms with E-state index in [4.69, 9.17) is 32.7 Å². The standard InChI is InChI=1S/C22H27Cl2N3O6S/c1-14(22(29)25-2)26(12-15-6-8-17(23)18(24)10-15)21(28)13-27(34(5,30)31)19-11-16(32-3)7-9-20(19)33-4/h6-11,14H,12-13H2,1-5H3,(H,25,29). The average Bonchev–Trinajstić information content (AvgIpc) is 2.80. The largest absolute Gasteiger partial charge is 0.497 e. The molecule has 34 heavy (non-hydrogen) atoms. The van der Waals surface area contributed by atoms with Crippen LogP contribution in [0.1, 0.15) is 12.5 Å². The van der Waals surface area contributed by atoms with Gasteiger partial charge in [-0.2, -0.15) is 0 Å². The summed E-state index contributed by atoms with van der Waals surface area (Å²) < 4.78 is 36.8. The van der Waals surface area contributed by atoms with Crippen molar-refractivity contribution < 1.29 is 27.5 Å². The molecule has 0 heterocycles. The third kappa shape index (κ3) is 6.68. The fraction of sp³-hybridized carbons (Fsp3) is 0.364. The second-order valence-corrected chi connectivity index (χ2v) is 10.1. The minimum absolute atomic E-state index is 0.00282. The highest BCUT2D eigenvalue weighted by Gasteiger charge is 2.31. The number of halogens is 2. The molecule has 0 fully saturated rings. The Morgan fingerprint density at radius 1 is 1.06 bits per heavy atom. The predicted octanol–water partition coefficient (Wildman–Crippen LogP) is 2.94. The van der Waals surface area contributed by atoms with Crippen LogP contribution in [0.3, 0.4) is 0 Å². The van der Waals surface area contributed by atoms with Crippen LogP contribution in [0, 0.1) is 0 Å². The molecule has 1 unspecified atom stereocenters. The van der Waals surface area contributed by atoms with Crippen LogP contribution in [-0.2, 0) is 26.2 Å². The minimum Gasteiger partial charge on any atom is -0.497 e. The topological polar surface area (TPSA) is 105 Å². The van der Waals surface area contributed by atoms with Gasteiger partial charge in [0.2, 0.25) is 21.8 Å². The third-order valence-corrected chi connectivity index (χ3v) is 6.95. The fourth-order valence-corrected chi connectivity index (χ4v) is 4.38. The van der Waals surface area contributed by atoms with E-state index < -0.39 is 34.4 Å². The molecule has 2 aromatic rings. The summed E-state index contributed by atoms with van der Waals surface area (Å²) in [4.78, 5) is 27.1. The average molecular weight is 532 g/mol. The first-order valence-corrected chi connectivity index (χ1v) is 12.7. The number of carbonyl (C=O) groups excluding carboxylic acids is 2. The summed E-state index contributed by atoms with van der Waals surface area (Å²) in [5.41, 5.74) is 0.739. The highest BCUT2D eigenvalue weighted by atomic mass is 35.5. The number of methoxy groups -OCH3 is 2. The minimum atomic E-state index is -3.93. The van der Waals surface area contributed by atoms with Crippen molar-refractivity contribution in [2.45, 2.75) is 19.5 Å². The molecule has 2 rings (SSSR count). The fourth-order valence-electron chi connectivity index (χ4n) is 3.21. The van der Waals surface area contributed by atoms with Crippen LogP contribution >= 0.6 is 23.2 Å². The molecule has 0 bridgehead atoms. The lowest BCUT2D eigenvalue weighted by Gasteiger charge is -2.31. The van der Waals surface area contributed by atoms with Crippen LogP contribution in [0.25, 0.3) is 0 Å². The number of benzene rings is 2. The van der Waals surface area contributed by atoms with Gasteiger partial charge in [-0.3, -0.25) is 13.9 Å². The number of nitrogens with one attached hydrogen (secondary N) is 1. The Bertz CT molecular complexity index is 1160. The zero-order valence-electron chi connectivity index (χ0n) is 19.5. The summed E-state index contributed by atoms with van der Waals surface area (Å²) in [6.07, 6.45) is 0.977. The second kappa shape index (κ2) is 11.6. The maximum absolute atomic E-state index is 13.5. The van der Waals surface area contributed by atoms with Crippen molar-refractivity contribution >= 4 is 50.7 Å². The molecule has 0 aliphatic carbocycles. The normalized spacial score (nSPS) is 12.0. The molecular formula is C22H27Cl2N3O6S. The van der Waals surface area contributed by atoms with Crippen LogP contribution in [0.5, 0.6) is 11.5 Å². The second-order valence-electron chi connectivity index (χ2n) is 7.37. The zero-order chi connectivity index (χ0) is 25.6. The van der Waals surface area contributed by atoms with E-state index in [-0.39, 0.29) is 23.0 Å². The van der Waals surface area contributed by atoms with E-state index in [1.807, 2.05) is 0 Å². The first kappa shape index (κ1) is 27.6. The summed E-state index contributed by atoms with van der Waals surface area (Å²) >= 11 is 12.1. The Hall–Kier alpha value is -2.69. The number of amides is 2. The number of likely N-dealkylation sites (N-methyl/N-ethyl adjacent to an activating group) is 1. The zero-order valence-corrected chi connectivity index (χ0v) is 21.8. The van der Waals surface area contributed by atoms with Gasteiger partial charge in [0.25, 0.3) is 0 Å². The van der Waals surface area contributed by atoms with Crippen LogP contribution < -0.4 is 19.1 Å². The third-order valence-electron chi connectivity index (χ3n) is 5.08. The number of rotatable bonds is 10. The molecule has 0 saturated carbocycles. The van der Waals surface area contributed by atoms with Crippen LogP contribution in [-0.4, -0.2) is 65.2 Å². The van der Waals surface area contributed by atoms with Crippen molar-refractivity contribution in [2.24, 2.45) is 0 Å². The van der Waals surface area contributed by atoms with Gasteiger partial charge >= 0.3 is 0 Å². The van der Waals surface area contributed by atoms with Gasteiger partial charge in [0.15, 0.2) is 0 Å². The van der Waals surface area contributed by atoms with E-state index in [0.29, 0.717) is 16.3 Å². The quantitative estimate of drug-likeness (QED) is 0.505. The maximum Gasteiger partial charge on any atom is 0.244 e. The number of anilines is 1. The molecule has 0 aliphatic heterocycles. The molecule has 12 heteroatoms. The maximum atomic E-state index is 13.5. The number of hydrogen-bond acceptors (Lipinski definition) is 6. The Balaban J connectivity index is 2.49. The predicted molar refractivity (Wildman–Crippen MR) is 132 cm³/mol. The molecule has 0 radical (unpaired) electrons. The summed E-state index contributed by atoms with van der Waals surface area (Å²) in [6, 6.07) is 8.53. The SMILES string of the molecule is CNC(=O)C(C)N(Cc1ccc(Cl)c(Cl)c1)C(=O)CN(c1cc(OC)ccc1OC)S(C)(=O)=O. The number of sulfonamides is 1. The lowest BCUT2D eigenvalue weighted by Crippen LogP contribution is -2.50. The number of ether oxygens (including phenoxy) is 2. The smallest absolute Gasteiger partial charge is 0.244 e. The molecule has 9 nitrogen and oxygen atoms in total. The van der Waals surface area contributed by atoms with Crippen molar-refractivity contribution in [1.82, 2.24) is 10.2 Å². The molecule has 0 saturated heterocycles. The first-order valence-electron chi connectivity index (χ1n) is 10.1. The summed E-state index contributed by atoms with van der Waals surface area (Å²) in [5.74, 6) is -0.423. The summed E-state index contributed by atoms with van der Waals surface area (Å²) in [6.45, 7) is 0.966. The van der Waals surface area contributed by atoms with Crippen LogP contribution in [0.4, 0.5) is 5.69 Å². The Labute approximate surface area is 209 Å². The first-order chi connectivity index (χ1) is 15.9. The van der Waals surface area contributed by atoms with Crippen molar-refractivity contribution in [3.63, 3.8) is 0 Å². The molecular weight excluding hydrogens is 505 g/mol. The number of hydrogen-bond donors (Lipinski definition) is 1. The van der Waals surface area contributed by atoms with E-state index in [0.717, 1.165) is 10.6 Å². The van der Waals surface area contributed by atoms with Crippen LogP contribution in [0.15, 0.2) is 36.4 Å². The Kier molecular flexibility index (Phi) is 9.43.